The van der Waals surface area contributed by atoms with Crippen LogP contribution in [0, 0.1) is 0 Å². The van der Waals surface area contributed by atoms with Crippen molar-refractivity contribution in [1.82, 2.24) is 19.7 Å². The van der Waals surface area contributed by atoms with Crippen molar-refractivity contribution in [3.8, 4) is 0 Å². The van der Waals surface area contributed by atoms with Crippen molar-refractivity contribution < 1.29 is 14.3 Å². The number of pyridine rings is 1. The molecule has 2 aliphatic rings. The zero-order chi connectivity index (χ0) is 18.5. The number of nitrogens with zero attached hydrogens (tertiary/aromatic N) is 4. The van der Waals surface area contributed by atoms with Gasteiger partial charge in [-0.05, 0) is 36.6 Å². The van der Waals surface area contributed by atoms with Gasteiger partial charge in [0.1, 0.15) is 6.61 Å². The summed E-state index contributed by atoms with van der Waals surface area (Å²) in [6.45, 7) is 2.37. The van der Waals surface area contributed by atoms with Gasteiger partial charge in [-0.15, -0.1) is 0 Å². The van der Waals surface area contributed by atoms with Gasteiger partial charge in [0.25, 0.3) is 0 Å². The summed E-state index contributed by atoms with van der Waals surface area (Å²) in [5.74, 6) is 0.0495. The van der Waals surface area contributed by atoms with Crippen LogP contribution in [0.1, 0.15) is 43.0 Å². The molecule has 7 nitrogen and oxygen atoms in total. The lowest BCUT2D eigenvalue weighted by atomic mass is 10.2. The van der Waals surface area contributed by atoms with Gasteiger partial charge in [-0.2, -0.15) is 5.10 Å². The first kappa shape index (κ1) is 18.1. The molecule has 1 aliphatic heterocycles. The van der Waals surface area contributed by atoms with E-state index in [2.05, 4.69) is 10.1 Å². The summed E-state index contributed by atoms with van der Waals surface area (Å²) in [5, 5.41) is 4.42. The molecular weight excluding hydrogens is 344 g/mol. The number of ether oxygens (including phenoxy) is 2. The number of aromatic nitrogens is 3. The average molecular weight is 370 g/mol. The first-order valence-corrected chi connectivity index (χ1v) is 9.68. The van der Waals surface area contributed by atoms with Crippen LogP contribution in [-0.2, 0) is 27.4 Å². The molecule has 4 rings (SSSR count). The van der Waals surface area contributed by atoms with E-state index in [1.54, 1.807) is 18.6 Å². The standard InChI is InChI=1S/C20H26N4O3/c25-20(15-27-19-3-1-2-4-19)23-11-17-7-10-22-24(17)18(12-23)14-26-13-16-5-8-21-9-6-16/h5-10,18-19H,1-4,11-15H2. The summed E-state index contributed by atoms with van der Waals surface area (Å²) < 4.78 is 13.7. The Morgan fingerprint density at radius 1 is 1.15 bits per heavy atom. The number of hydrogen-bond donors (Lipinski definition) is 0. The summed E-state index contributed by atoms with van der Waals surface area (Å²) in [7, 11) is 0. The van der Waals surface area contributed by atoms with Gasteiger partial charge in [0.15, 0.2) is 0 Å². The van der Waals surface area contributed by atoms with Gasteiger partial charge in [0, 0.05) is 25.1 Å². The Hall–Kier alpha value is -2.25. The van der Waals surface area contributed by atoms with Gasteiger partial charge < -0.3 is 14.4 Å². The minimum atomic E-state index is 0.0148. The third kappa shape index (κ3) is 4.54. The number of carbonyl (C=O) groups is 1. The highest BCUT2D eigenvalue weighted by Gasteiger charge is 2.29. The van der Waals surface area contributed by atoms with E-state index in [-0.39, 0.29) is 24.7 Å². The summed E-state index contributed by atoms with van der Waals surface area (Å²) in [5.41, 5.74) is 2.12. The molecule has 2 aromatic heterocycles. The van der Waals surface area contributed by atoms with Crippen molar-refractivity contribution in [2.24, 2.45) is 0 Å². The van der Waals surface area contributed by atoms with Gasteiger partial charge >= 0.3 is 0 Å². The molecule has 1 saturated carbocycles. The van der Waals surface area contributed by atoms with E-state index in [4.69, 9.17) is 9.47 Å². The third-order valence-corrected chi connectivity index (χ3v) is 5.31. The highest BCUT2D eigenvalue weighted by atomic mass is 16.5. The van der Waals surface area contributed by atoms with Gasteiger partial charge in [-0.3, -0.25) is 14.5 Å². The molecule has 0 radical (unpaired) electrons. The fourth-order valence-electron chi connectivity index (χ4n) is 3.83. The molecule has 0 bridgehead atoms. The SMILES string of the molecule is O=C(COC1CCCC1)N1Cc2ccnn2C(COCc2ccncc2)C1. The summed E-state index contributed by atoms with van der Waals surface area (Å²) in [6, 6.07) is 5.86. The molecule has 1 fully saturated rings. The lowest BCUT2D eigenvalue weighted by Crippen LogP contribution is -2.44. The zero-order valence-electron chi connectivity index (χ0n) is 15.5. The summed E-state index contributed by atoms with van der Waals surface area (Å²) >= 11 is 0. The van der Waals surface area contributed by atoms with Crippen LogP contribution < -0.4 is 0 Å². The molecule has 1 aliphatic carbocycles. The van der Waals surface area contributed by atoms with E-state index in [1.165, 1.54) is 12.8 Å². The van der Waals surface area contributed by atoms with Crippen molar-refractivity contribution in [2.75, 3.05) is 19.8 Å². The Bertz CT molecular complexity index is 743. The first-order valence-electron chi connectivity index (χ1n) is 9.68. The molecule has 3 heterocycles. The lowest BCUT2D eigenvalue weighted by Gasteiger charge is -2.34. The molecule has 0 spiro atoms. The molecule has 0 N–H and O–H groups in total. The maximum atomic E-state index is 12.7. The maximum Gasteiger partial charge on any atom is 0.249 e. The number of fused-ring (bicyclic) bond motifs is 1. The average Bonchev–Trinajstić information content (AvgIpc) is 3.38. The predicted molar refractivity (Wildman–Crippen MR) is 98.8 cm³/mol. The van der Waals surface area contributed by atoms with Crippen LogP contribution in [0.15, 0.2) is 36.8 Å². The largest absolute Gasteiger partial charge is 0.374 e. The molecule has 27 heavy (non-hydrogen) atoms. The number of carbonyl (C=O) groups excluding carboxylic acids is 1. The summed E-state index contributed by atoms with van der Waals surface area (Å²) in [6.07, 6.45) is 10.1. The maximum absolute atomic E-state index is 12.7. The quantitative estimate of drug-likeness (QED) is 0.748. The first-order chi connectivity index (χ1) is 13.3. The van der Waals surface area contributed by atoms with E-state index in [1.807, 2.05) is 27.8 Å². The minimum Gasteiger partial charge on any atom is -0.374 e. The molecule has 0 aromatic carbocycles. The molecular formula is C20H26N4O3. The Kier molecular flexibility index (Phi) is 5.79. The molecule has 144 valence electrons. The Labute approximate surface area is 159 Å². The van der Waals surface area contributed by atoms with E-state index in [0.29, 0.717) is 26.3 Å². The molecule has 7 heteroatoms. The second-order valence-electron chi connectivity index (χ2n) is 7.28. The predicted octanol–water partition coefficient (Wildman–Crippen LogP) is 2.34. The molecule has 1 atom stereocenters. The number of hydrogen-bond acceptors (Lipinski definition) is 5. The van der Waals surface area contributed by atoms with Crippen LogP contribution in [0.3, 0.4) is 0 Å². The van der Waals surface area contributed by atoms with E-state index in [9.17, 15) is 4.79 Å². The van der Waals surface area contributed by atoms with Crippen molar-refractivity contribution in [3.05, 3.63) is 48.0 Å². The Morgan fingerprint density at radius 2 is 1.96 bits per heavy atom. The van der Waals surface area contributed by atoms with Crippen LogP contribution in [-0.4, -0.2) is 51.4 Å². The van der Waals surface area contributed by atoms with Crippen LogP contribution in [0.25, 0.3) is 0 Å². The number of amides is 1. The summed E-state index contributed by atoms with van der Waals surface area (Å²) in [4.78, 5) is 18.5. The smallest absolute Gasteiger partial charge is 0.249 e. The zero-order valence-corrected chi connectivity index (χ0v) is 15.5. The van der Waals surface area contributed by atoms with Crippen LogP contribution in [0.5, 0.6) is 0 Å². The van der Waals surface area contributed by atoms with Crippen molar-refractivity contribution in [3.63, 3.8) is 0 Å². The Morgan fingerprint density at radius 3 is 2.78 bits per heavy atom. The minimum absolute atomic E-state index is 0.0148. The van der Waals surface area contributed by atoms with Crippen molar-refractivity contribution >= 4 is 5.91 Å². The van der Waals surface area contributed by atoms with Gasteiger partial charge in [0.2, 0.25) is 5.91 Å². The second-order valence-corrected chi connectivity index (χ2v) is 7.28. The van der Waals surface area contributed by atoms with Gasteiger partial charge in [-0.25, -0.2) is 0 Å². The molecule has 1 amide bonds. The Balaban J connectivity index is 1.33. The van der Waals surface area contributed by atoms with Gasteiger partial charge in [0.05, 0.1) is 37.6 Å². The molecule has 0 saturated heterocycles. The topological polar surface area (TPSA) is 69.5 Å². The van der Waals surface area contributed by atoms with Crippen molar-refractivity contribution in [1.29, 1.82) is 0 Å². The van der Waals surface area contributed by atoms with Crippen molar-refractivity contribution in [2.45, 2.75) is 51.0 Å². The fraction of sp³-hybridized carbons (Fsp3) is 0.550. The normalized spacial score (nSPS) is 20.0. The van der Waals surface area contributed by atoms with E-state index in [0.717, 1.165) is 24.1 Å². The molecule has 1 unspecified atom stereocenters. The van der Waals surface area contributed by atoms with Crippen LogP contribution in [0.2, 0.25) is 0 Å². The van der Waals surface area contributed by atoms with E-state index >= 15 is 0 Å². The molecule has 2 aromatic rings. The van der Waals surface area contributed by atoms with Crippen LogP contribution in [0.4, 0.5) is 0 Å². The highest BCUT2D eigenvalue weighted by Crippen LogP contribution is 2.23. The number of rotatable bonds is 7. The monoisotopic (exact) mass is 370 g/mol. The fourth-order valence-corrected chi connectivity index (χ4v) is 3.83. The van der Waals surface area contributed by atoms with E-state index < -0.39 is 0 Å². The lowest BCUT2D eigenvalue weighted by molar-refractivity contribution is -0.140. The second kappa shape index (κ2) is 8.63. The highest BCUT2D eigenvalue weighted by molar-refractivity contribution is 5.77. The van der Waals surface area contributed by atoms with Crippen LogP contribution >= 0.6 is 0 Å². The third-order valence-electron chi connectivity index (χ3n) is 5.31. The van der Waals surface area contributed by atoms with Gasteiger partial charge in [-0.1, -0.05) is 12.8 Å².